The zero-order chi connectivity index (χ0) is 23.6. The standard InChI is InChI=1S/C27H34N4O2S/c1-33-19-18-31(27-28-25(29-34-27)21-23-10-6-3-7-11-23)17-14-26(32)30-15-12-24(13-16-30)20-22-8-4-2-5-9-22/h2-11,24H,12-21H2,1H3. The number of rotatable bonds is 11. The fourth-order valence-corrected chi connectivity index (χ4v) is 5.19. The molecule has 3 aromatic rings. The number of ether oxygens (including phenoxy) is 1. The van der Waals surface area contributed by atoms with Crippen LogP contribution in [-0.2, 0) is 22.4 Å². The van der Waals surface area contributed by atoms with Crippen LogP contribution >= 0.6 is 11.5 Å². The highest BCUT2D eigenvalue weighted by atomic mass is 32.1. The second-order valence-electron chi connectivity index (χ2n) is 8.90. The molecule has 1 aliphatic heterocycles. The Morgan fingerprint density at radius 3 is 2.38 bits per heavy atom. The molecule has 1 aliphatic rings. The van der Waals surface area contributed by atoms with Gasteiger partial charge in [0.05, 0.1) is 6.61 Å². The number of carbonyl (C=O) groups is 1. The first-order chi connectivity index (χ1) is 16.7. The molecule has 7 heteroatoms. The van der Waals surface area contributed by atoms with Crippen LogP contribution in [0.4, 0.5) is 5.13 Å². The van der Waals surface area contributed by atoms with E-state index < -0.39 is 0 Å². The fourth-order valence-electron chi connectivity index (χ4n) is 4.45. The highest BCUT2D eigenvalue weighted by molar-refractivity contribution is 7.09. The van der Waals surface area contributed by atoms with Gasteiger partial charge >= 0.3 is 0 Å². The van der Waals surface area contributed by atoms with Crippen LogP contribution in [-0.4, -0.2) is 60.1 Å². The summed E-state index contributed by atoms with van der Waals surface area (Å²) in [5.41, 5.74) is 2.59. The quantitative estimate of drug-likeness (QED) is 0.407. The van der Waals surface area contributed by atoms with Gasteiger partial charge in [0.25, 0.3) is 0 Å². The van der Waals surface area contributed by atoms with Crippen LogP contribution in [0.15, 0.2) is 60.7 Å². The summed E-state index contributed by atoms with van der Waals surface area (Å²) < 4.78 is 9.85. The molecule has 1 amide bonds. The number of carbonyl (C=O) groups excluding carboxylic acids is 1. The van der Waals surface area contributed by atoms with Crippen molar-refractivity contribution < 1.29 is 9.53 Å². The molecule has 6 nitrogen and oxygen atoms in total. The number of hydrogen-bond donors (Lipinski definition) is 0. The van der Waals surface area contributed by atoms with E-state index in [1.165, 1.54) is 22.7 Å². The van der Waals surface area contributed by atoms with Gasteiger partial charge in [0.15, 0.2) is 0 Å². The Balaban J connectivity index is 1.27. The Morgan fingerprint density at radius 1 is 1.03 bits per heavy atom. The van der Waals surface area contributed by atoms with E-state index in [0.29, 0.717) is 38.5 Å². The molecule has 0 N–H and O–H groups in total. The smallest absolute Gasteiger partial charge is 0.224 e. The van der Waals surface area contributed by atoms with E-state index in [-0.39, 0.29) is 5.91 Å². The van der Waals surface area contributed by atoms with E-state index >= 15 is 0 Å². The van der Waals surface area contributed by atoms with Crippen molar-refractivity contribution in [3.05, 3.63) is 77.6 Å². The molecule has 1 saturated heterocycles. The van der Waals surface area contributed by atoms with E-state index in [4.69, 9.17) is 9.72 Å². The number of likely N-dealkylation sites (tertiary alicyclic amines) is 1. The molecule has 0 saturated carbocycles. The Hall–Kier alpha value is -2.77. The van der Waals surface area contributed by atoms with Crippen LogP contribution in [0, 0.1) is 5.92 Å². The maximum absolute atomic E-state index is 13.0. The first-order valence-electron chi connectivity index (χ1n) is 12.1. The molecule has 180 valence electrons. The Bertz CT molecular complexity index is 1000. The van der Waals surface area contributed by atoms with Crippen LogP contribution in [0.3, 0.4) is 0 Å². The van der Waals surface area contributed by atoms with Crippen molar-refractivity contribution in [2.24, 2.45) is 5.92 Å². The number of benzene rings is 2. The van der Waals surface area contributed by atoms with Crippen molar-refractivity contribution in [2.75, 3.05) is 44.8 Å². The van der Waals surface area contributed by atoms with E-state index in [2.05, 4.69) is 51.7 Å². The summed E-state index contributed by atoms with van der Waals surface area (Å²) in [6, 6.07) is 20.9. The fraction of sp³-hybridized carbons (Fsp3) is 0.444. The zero-order valence-corrected chi connectivity index (χ0v) is 20.8. The molecule has 0 unspecified atom stereocenters. The lowest BCUT2D eigenvalue weighted by atomic mass is 9.90. The van der Waals surface area contributed by atoms with Crippen molar-refractivity contribution in [3.63, 3.8) is 0 Å². The SMILES string of the molecule is COCCN(CCC(=O)N1CCC(Cc2ccccc2)CC1)c1nc(Cc2ccccc2)ns1. The molecule has 2 heterocycles. The monoisotopic (exact) mass is 478 g/mol. The van der Waals surface area contributed by atoms with Crippen molar-refractivity contribution in [3.8, 4) is 0 Å². The second-order valence-corrected chi connectivity index (χ2v) is 9.63. The topological polar surface area (TPSA) is 58.6 Å². The molecule has 0 atom stereocenters. The highest BCUT2D eigenvalue weighted by Crippen LogP contribution is 2.23. The van der Waals surface area contributed by atoms with E-state index in [9.17, 15) is 4.79 Å². The average Bonchev–Trinajstić information content (AvgIpc) is 3.34. The molecule has 2 aromatic carbocycles. The third-order valence-electron chi connectivity index (χ3n) is 6.43. The summed E-state index contributed by atoms with van der Waals surface area (Å²) >= 11 is 1.40. The molecule has 0 aliphatic carbocycles. The van der Waals surface area contributed by atoms with Crippen molar-refractivity contribution in [1.29, 1.82) is 0 Å². The molecule has 1 aromatic heterocycles. The maximum atomic E-state index is 13.0. The normalized spacial score (nSPS) is 14.3. The summed E-state index contributed by atoms with van der Waals surface area (Å²) in [5.74, 6) is 1.71. The number of methoxy groups -OCH3 is 1. The van der Waals surface area contributed by atoms with Gasteiger partial charge in [-0.25, -0.2) is 4.98 Å². The lowest BCUT2D eigenvalue weighted by Gasteiger charge is -2.32. The average molecular weight is 479 g/mol. The minimum absolute atomic E-state index is 0.231. The number of hydrogen-bond acceptors (Lipinski definition) is 6. The number of aromatic nitrogens is 2. The number of anilines is 1. The molecule has 4 rings (SSSR count). The first kappa shape index (κ1) is 24.4. The number of amides is 1. The van der Waals surface area contributed by atoms with Gasteiger partial charge in [-0.1, -0.05) is 60.7 Å². The van der Waals surface area contributed by atoms with Gasteiger partial charge < -0.3 is 14.5 Å². The van der Waals surface area contributed by atoms with Gasteiger partial charge in [-0.2, -0.15) is 4.37 Å². The minimum Gasteiger partial charge on any atom is -0.383 e. The molecule has 1 fully saturated rings. The molecule has 0 spiro atoms. The van der Waals surface area contributed by atoms with Gasteiger partial charge in [-0.3, -0.25) is 4.79 Å². The summed E-state index contributed by atoms with van der Waals surface area (Å²) in [6.07, 6.45) is 4.46. The summed E-state index contributed by atoms with van der Waals surface area (Å²) in [7, 11) is 1.70. The number of nitrogens with zero attached hydrogens (tertiary/aromatic N) is 4. The third-order valence-corrected chi connectivity index (χ3v) is 7.24. The van der Waals surface area contributed by atoms with Crippen molar-refractivity contribution in [1.82, 2.24) is 14.3 Å². The van der Waals surface area contributed by atoms with Crippen LogP contribution < -0.4 is 4.90 Å². The van der Waals surface area contributed by atoms with Gasteiger partial charge in [-0.05, 0) is 36.3 Å². The van der Waals surface area contributed by atoms with E-state index in [0.717, 1.165) is 43.3 Å². The highest BCUT2D eigenvalue weighted by Gasteiger charge is 2.24. The van der Waals surface area contributed by atoms with Crippen molar-refractivity contribution in [2.45, 2.75) is 32.1 Å². The number of piperidine rings is 1. The molecular weight excluding hydrogens is 444 g/mol. The first-order valence-corrected chi connectivity index (χ1v) is 12.9. The molecular formula is C27H34N4O2S. The minimum atomic E-state index is 0.231. The Morgan fingerprint density at radius 2 is 1.71 bits per heavy atom. The zero-order valence-electron chi connectivity index (χ0n) is 19.9. The van der Waals surface area contributed by atoms with E-state index in [1.54, 1.807) is 7.11 Å². The van der Waals surface area contributed by atoms with Gasteiger partial charge in [0.2, 0.25) is 11.0 Å². The summed E-state index contributed by atoms with van der Waals surface area (Å²) in [5, 5.41) is 0.859. The molecule has 0 radical (unpaired) electrons. The Kier molecular flexibility index (Phi) is 9.04. The summed E-state index contributed by atoms with van der Waals surface area (Å²) in [6.45, 7) is 3.63. The third kappa shape index (κ3) is 7.11. The Labute approximate surface area is 206 Å². The lowest BCUT2D eigenvalue weighted by molar-refractivity contribution is -0.132. The second kappa shape index (κ2) is 12.6. The largest absolute Gasteiger partial charge is 0.383 e. The molecule has 0 bridgehead atoms. The van der Waals surface area contributed by atoms with E-state index in [1.807, 2.05) is 23.1 Å². The predicted octanol–water partition coefficient (Wildman–Crippen LogP) is 4.45. The van der Waals surface area contributed by atoms with Crippen molar-refractivity contribution >= 4 is 22.6 Å². The lowest BCUT2D eigenvalue weighted by Crippen LogP contribution is -2.40. The van der Waals surface area contributed by atoms with Gasteiger partial charge in [-0.15, -0.1) is 0 Å². The van der Waals surface area contributed by atoms with Gasteiger partial charge in [0.1, 0.15) is 5.82 Å². The van der Waals surface area contributed by atoms with Crippen LogP contribution in [0.25, 0.3) is 0 Å². The maximum Gasteiger partial charge on any atom is 0.224 e. The van der Waals surface area contributed by atoms with Gasteiger partial charge in [0, 0.05) is 57.7 Å². The van der Waals surface area contributed by atoms with Crippen LogP contribution in [0.5, 0.6) is 0 Å². The predicted molar refractivity (Wildman–Crippen MR) is 137 cm³/mol. The van der Waals surface area contributed by atoms with Crippen LogP contribution in [0.2, 0.25) is 0 Å². The molecule has 34 heavy (non-hydrogen) atoms. The summed E-state index contributed by atoms with van der Waals surface area (Å²) in [4.78, 5) is 21.9. The van der Waals surface area contributed by atoms with Crippen LogP contribution in [0.1, 0.15) is 36.2 Å².